The molecule has 0 unspecified atom stereocenters. The van der Waals surface area contributed by atoms with E-state index >= 15 is 0 Å². The van der Waals surface area contributed by atoms with E-state index in [1.54, 1.807) is 0 Å². The molecule has 0 saturated carbocycles. The van der Waals surface area contributed by atoms with Crippen molar-refractivity contribution in [1.82, 2.24) is 0 Å². The molecule has 0 N–H and O–H groups in total. The van der Waals surface area contributed by atoms with Gasteiger partial charge in [-0.15, -0.1) is 0 Å². The van der Waals surface area contributed by atoms with Crippen molar-refractivity contribution in [3.8, 4) is 0 Å². The van der Waals surface area contributed by atoms with Crippen LogP contribution in [-0.2, 0) is 0 Å². The molecule has 0 aliphatic heterocycles. The summed E-state index contributed by atoms with van der Waals surface area (Å²) < 4.78 is 0. The van der Waals surface area contributed by atoms with Crippen molar-refractivity contribution in [2.24, 2.45) is 0 Å². The van der Waals surface area contributed by atoms with Gasteiger partial charge in [-0.25, -0.2) is 0 Å². The van der Waals surface area contributed by atoms with Gasteiger partial charge >= 0.3 is 0 Å². The fraction of sp³-hybridized carbons (Fsp3) is 0.200. The van der Waals surface area contributed by atoms with Gasteiger partial charge in [0, 0.05) is 0 Å². The highest BCUT2D eigenvalue weighted by Gasteiger charge is 1.99. The third kappa shape index (κ3) is 2.69. The van der Waals surface area contributed by atoms with Crippen LogP contribution in [-0.4, -0.2) is 0 Å². The van der Waals surface area contributed by atoms with Crippen LogP contribution in [0.5, 0.6) is 0 Å². The lowest BCUT2D eigenvalue weighted by Crippen LogP contribution is -1.85. The SMILES string of the molecule is C=C/C(=C\C)c1ccc(C)c(/C=C\C)c1. The highest BCUT2D eigenvalue weighted by Crippen LogP contribution is 2.20. The Balaban J connectivity index is 3.23. The second kappa shape index (κ2) is 5.35. The maximum absolute atomic E-state index is 3.82. The second-order valence-electron chi connectivity index (χ2n) is 3.52. The normalized spacial score (nSPS) is 12.1. The van der Waals surface area contributed by atoms with Gasteiger partial charge in [-0.2, -0.15) is 0 Å². The number of hydrogen-bond donors (Lipinski definition) is 0. The van der Waals surface area contributed by atoms with Crippen molar-refractivity contribution in [2.45, 2.75) is 20.8 Å². The fourth-order valence-electron chi connectivity index (χ4n) is 1.58. The van der Waals surface area contributed by atoms with Gasteiger partial charge in [-0.05, 0) is 49.1 Å². The molecule has 0 aliphatic rings. The molecule has 0 amide bonds. The number of aryl methyl sites for hydroxylation is 1. The number of rotatable bonds is 3. The molecular formula is C15H18. The zero-order valence-corrected chi connectivity index (χ0v) is 9.75. The molecule has 1 aromatic carbocycles. The van der Waals surface area contributed by atoms with E-state index < -0.39 is 0 Å². The first-order chi connectivity index (χ1) is 7.22. The standard InChI is InChI=1S/C15H18/c1-5-8-14-11-15(10-9-12(14)4)13(6-2)7-3/h5-11H,2H2,1,3-4H3/b8-5-,13-7+. The van der Waals surface area contributed by atoms with Crippen LogP contribution >= 0.6 is 0 Å². The minimum absolute atomic E-state index is 1.18. The molecule has 0 spiro atoms. The van der Waals surface area contributed by atoms with Gasteiger partial charge in [0.25, 0.3) is 0 Å². The Morgan fingerprint density at radius 3 is 2.53 bits per heavy atom. The highest BCUT2D eigenvalue weighted by atomic mass is 14.0. The summed E-state index contributed by atoms with van der Waals surface area (Å²) in [6, 6.07) is 6.49. The van der Waals surface area contributed by atoms with E-state index in [-0.39, 0.29) is 0 Å². The third-order valence-corrected chi connectivity index (χ3v) is 2.49. The topological polar surface area (TPSA) is 0 Å². The summed E-state index contributed by atoms with van der Waals surface area (Å²) in [6.45, 7) is 10.0. The molecular weight excluding hydrogens is 180 g/mol. The minimum atomic E-state index is 1.18. The second-order valence-corrected chi connectivity index (χ2v) is 3.52. The summed E-state index contributed by atoms with van der Waals surface area (Å²) in [5.41, 5.74) is 4.99. The molecule has 0 atom stereocenters. The van der Waals surface area contributed by atoms with Crippen molar-refractivity contribution in [1.29, 1.82) is 0 Å². The lowest BCUT2D eigenvalue weighted by molar-refractivity contribution is 1.42. The van der Waals surface area contributed by atoms with E-state index in [2.05, 4.69) is 49.9 Å². The molecule has 15 heavy (non-hydrogen) atoms. The zero-order chi connectivity index (χ0) is 11.3. The van der Waals surface area contributed by atoms with Gasteiger partial charge in [0.15, 0.2) is 0 Å². The molecule has 78 valence electrons. The van der Waals surface area contributed by atoms with Crippen molar-refractivity contribution in [3.05, 3.63) is 59.7 Å². The van der Waals surface area contributed by atoms with Crippen molar-refractivity contribution in [3.63, 3.8) is 0 Å². The van der Waals surface area contributed by atoms with Crippen LogP contribution in [0.25, 0.3) is 11.6 Å². The summed E-state index contributed by atoms with van der Waals surface area (Å²) in [7, 11) is 0. The van der Waals surface area contributed by atoms with Crippen LogP contribution in [0.3, 0.4) is 0 Å². The van der Waals surface area contributed by atoms with Crippen molar-refractivity contribution in [2.75, 3.05) is 0 Å². The number of hydrogen-bond acceptors (Lipinski definition) is 0. The molecule has 0 aliphatic carbocycles. The van der Waals surface area contributed by atoms with Crippen molar-refractivity contribution >= 4 is 11.6 Å². The Hall–Kier alpha value is -1.56. The summed E-state index contributed by atoms with van der Waals surface area (Å²) in [6.07, 6.45) is 8.17. The molecule has 0 heteroatoms. The maximum Gasteiger partial charge on any atom is -0.0181 e. The number of allylic oxidation sites excluding steroid dienone is 4. The highest BCUT2D eigenvalue weighted by molar-refractivity contribution is 5.75. The molecule has 1 rings (SSSR count). The Morgan fingerprint density at radius 1 is 1.27 bits per heavy atom. The average molecular weight is 198 g/mol. The summed E-state index contributed by atoms with van der Waals surface area (Å²) in [5, 5.41) is 0. The lowest BCUT2D eigenvalue weighted by Gasteiger charge is -2.06. The van der Waals surface area contributed by atoms with E-state index in [9.17, 15) is 0 Å². The van der Waals surface area contributed by atoms with Gasteiger partial charge in [-0.3, -0.25) is 0 Å². The van der Waals surface area contributed by atoms with Crippen LogP contribution in [0.4, 0.5) is 0 Å². The van der Waals surface area contributed by atoms with Gasteiger partial charge < -0.3 is 0 Å². The Kier molecular flexibility index (Phi) is 4.11. The van der Waals surface area contributed by atoms with E-state index in [0.29, 0.717) is 0 Å². The largest absolute Gasteiger partial charge is 0.0985 e. The molecule has 0 heterocycles. The van der Waals surface area contributed by atoms with E-state index in [0.717, 1.165) is 0 Å². The zero-order valence-electron chi connectivity index (χ0n) is 9.75. The fourth-order valence-corrected chi connectivity index (χ4v) is 1.58. The number of benzene rings is 1. The smallest absolute Gasteiger partial charge is 0.0181 e. The van der Waals surface area contributed by atoms with Crippen molar-refractivity contribution < 1.29 is 0 Å². The monoisotopic (exact) mass is 198 g/mol. The first kappa shape index (κ1) is 11.5. The lowest BCUT2D eigenvalue weighted by atomic mass is 9.99. The van der Waals surface area contributed by atoms with Gasteiger partial charge in [-0.1, -0.05) is 43.0 Å². The predicted octanol–water partition coefficient (Wildman–Crippen LogP) is 4.62. The molecule has 0 aromatic heterocycles. The van der Waals surface area contributed by atoms with Crippen LogP contribution in [0.2, 0.25) is 0 Å². The van der Waals surface area contributed by atoms with E-state index in [1.165, 1.54) is 22.3 Å². The summed E-state index contributed by atoms with van der Waals surface area (Å²) >= 11 is 0. The molecule has 0 fully saturated rings. The predicted molar refractivity (Wildman–Crippen MR) is 69.7 cm³/mol. The van der Waals surface area contributed by atoms with Gasteiger partial charge in [0.2, 0.25) is 0 Å². The summed E-state index contributed by atoms with van der Waals surface area (Å²) in [4.78, 5) is 0. The maximum atomic E-state index is 3.82. The summed E-state index contributed by atoms with van der Waals surface area (Å²) in [5.74, 6) is 0. The molecule has 0 saturated heterocycles. The van der Waals surface area contributed by atoms with E-state index in [1.807, 2.05) is 19.9 Å². The van der Waals surface area contributed by atoms with Gasteiger partial charge in [0.1, 0.15) is 0 Å². The third-order valence-electron chi connectivity index (χ3n) is 2.49. The van der Waals surface area contributed by atoms with Crippen LogP contribution in [0, 0.1) is 6.92 Å². The molecule has 0 radical (unpaired) electrons. The average Bonchev–Trinajstić information content (AvgIpc) is 2.25. The Labute approximate surface area is 92.6 Å². The molecule has 1 aromatic rings. The van der Waals surface area contributed by atoms with Crippen LogP contribution in [0.15, 0.2) is 43.0 Å². The van der Waals surface area contributed by atoms with Crippen LogP contribution in [0.1, 0.15) is 30.5 Å². The first-order valence-corrected chi connectivity index (χ1v) is 5.25. The quantitative estimate of drug-likeness (QED) is 0.622. The van der Waals surface area contributed by atoms with E-state index in [4.69, 9.17) is 0 Å². The molecule has 0 nitrogen and oxygen atoms in total. The minimum Gasteiger partial charge on any atom is -0.0985 e. The Morgan fingerprint density at radius 2 is 2.00 bits per heavy atom. The van der Waals surface area contributed by atoms with Crippen LogP contribution < -0.4 is 0 Å². The Bertz CT molecular complexity index is 406. The molecule has 0 bridgehead atoms. The van der Waals surface area contributed by atoms with Gasteiger partial charge in [0.05, 0.1) is 0 Å². The first-order valence-electron chi connectivity index (χ1n) is 5.25.